The Morgan fingerprint density at radius 3 is 2.75 bits per heavy atom. The van der Waals surface area contributed by atoms with Gasteiger partial charge in [-0.25, -0.2) is 4.39 Å². The minimum Gasteiger partial charge on any atom is -0.455 e. The van der Waals surface area contributed by atoms with Gasteiger partial charge in [0.15, 0.2) is 6.61 Å². The fourth-order valence-corrected chi connectivity index (χ4v) is 3.20. The van der Waals surface area contributed by atoms with Crippen molar-refractivity contribution in [3.8, 4) is 0 Å². The van der Waals surface area contributed by atoms with Gasteiger partial charge in [-0.3, -0.25) is 19.7 Å². The van der Waals surface area contributed by atoms with E-state index in [-0.39, 0.29) is 23.2 Å². The predicted molar refractivity (Wildman–Crippen MR) is 81.5 cm³/mol. The van der Waals surface area contributed by atoms with Crippen molar-refractivity contribution in [2.75, 3.05) is 11.9 Å². The number of amides is 1. The van der Waals surface area contributed by atoms with Crippen molar-refractivity contribution in [3.05, 3.63) is 46.3 Å². The van der Waals surface area contributed by atoms with Crippen LogP contribution in [0.4, 0.5) is 15.8 Å². The molecule has 1 N–H and O–H groups in total. The maximum absolute atomic E-state index is 13.6. The molecular formula is C16H15FN2O5. The SMILES string of the molecule is O=C(COC(=O)C1CC2C=CC1C2)Nc1cc([N+](=O)[O-])ccc1F. The van der Waals surface area contributed by atoms with Crippen LogP contribution in [0.1, 0.15) is 12.8 Å². The second-order valence-corrected chi connectivity index (χ2v) is 5.96. The number of esters is 1. The second kappa shape index (κ2) is 6.38. The third-order valence-electron chi connectivity index (χ3n) is 4.36. The number of non-ortho nitro benzene ring substituents is 1. The quantitative estimate of drug-likeness (QED) is 0.386. The van der Waals surface area contributed by atoms with Gasteiger partial charge in [0, 0.05) is 12.1 Å². The van der Waals surface area contributed by atoms with Crippen LogP contribution in [0.15, 0.2) is 30.4 Å². The molecule has 0 radical (unpaired) electrons. The predicted octanol–water partition coefficient (Wildman–Crippen LogP) is 2.43. The van der Waals surface area contributed by atoms with Crippen LogP contribution in [0.2, 0.25) is 0 Å². The first-order chi connectivity index (χ1) is 11.4. The van der Waals surface area contributed by atoms with Crippen LogP contribution < -0.4 is 5.32 Å². The topological polar surface area (TPSA) is 98.5 Å². The number of nitrogens with zero attached hydrogens (tertiary/aromatic N) is 1. The highest BCUT2D eigenvalue weighted by Crippen LogP contribution is 2.43. The van der Waals surface area contributed by atoms with Crippen molar-refractivity contribution in [2.45, 2.75) is 12.8 Å². The van der Waals surface area contributed by atoms with Crippen LogP contribution in [0.3, 0.4) is 0 Å². The van der Waals surface area contributed by atoms with Gasteiger partial charge in [-0.15, -0.1) is 0 Å². The van der Waals surface area contributed by atoms with Crippen LogP contribution in [-0.4, -0.2) is 23.4 Å². The smallest absolute Gasteiger partial charge is 0.310 e. The van der Waals surface area contributed by atoms with E-state index in [4.69, 9.17) is 4.74 Å². The lowest BCUT2D eigenvalue weighted by atomic mass is 9.94. The van der Waals surface area contributed by atoms with Crippen molar-refractivity contribution in [1.82, 2.24) is 0 Å². The van der Waals surface area contributed by atoms with Crippen LogP contribution in [0.25, 0.3) is 0 Å². The molecule has 2 aliphatic rings. The molecule has 0 aliphatic heterocycles. The highest BCUT2D eigenvalue weighted by atomic mass is 19.1. The van der Waals surface area contributed by atoms with Gasteiger partial charge in [-0.1, -0.05) is 12.2 Å². The van der Waals surface area contributed by atoms with Gasteiger partial charge in [0.25, 0.3) is 11.6 Å². The van der Waals surface area contributed by atoms with Gasteiger partial charge < -0.3 is 10.1 Å². The number of fused-ring (bicyclic) bond motifs is 2. The third-order valence-corrected chi connectivity index (χ3v) is 4.36. The standard InChI is InChI=1S/C16H15FN2O5/c17-13-4-3-11(19(22)23)7-14(13)18-15(20)8-24-16(21)12-6-9-1-2-10(12)5-9/h1-4,7,9-10,12H,5-6,8H2,(H,18,20). The summed E-state index contributed by atoms with van der Waals surface area (Å²) < 4.78 is 18.6. The van der Waals surface area contributed by atoms with Crippen LogP contribution >= 0.6 is 0 Å². The first-order valence-corrected chi connectivity index (χ1v) is 7.53. The molecular weight excluding hydrogens is 319 g/mol. The first-order valence-electron chi connectivity index (χ1n) is 7.53. The number of carbonyl (C=O) groups excluding carboxylic acids is 2. The molecule has 3 rings (SSSR count). The molecule has 126 valence electrons. The largest absolute Gasteiger partial charge is 0.455 e. The number of halogens is 1. The lowest BCUT2D eigenvalue weighted by Crippen LogP contribution is -2.27. The molecule has 1 fully saturated rings. The minimum atomic E-state index is -0.807. The van der Waals surface area contributed by atoms with E-state index in [0.29, 0.717) is 5.92 Å². The average Bonchev–Trinajstić information content (AvgIpc) is 3.17. The minimum absolute atomic E-state index is 0.166. The highest BCUT2D eigenvalue weighted by molar-refractivity contribution is 5.93. The molecule has 3 atom stereocenters. The number of carbonyl (C=O) groups is 2. The number of nitro benzene ring substituents is 1. The molecule has 0 heterocycles. The van der Waals surface area contributed by atoms with Gasteiger partial charge in [0.2, 0.25) is 0 Å². The maximum Gasteiger partial charge on any atom is 0.310 e. The summed E-state index contributed by atoms with van der Waals surface area (Å²) in [4.78, 5) is 33.8. The van der Waals surface area contributed by atoms with E-state index < -0.39 is 29.2 Å². The van der Waals surface area contributed by atoms with Gasteiger partial charge >= 0.3 is 5.97 Å². The molecule has 24 heavy (non-hydrogen) atoms. The van der Waals surface area contributed by atoms with Crippen LogP contribution in [-0.2, 0) is 14.3 Å². The fraction of sp³-hybridized carbons (Fsp3) is 0.375. The lowest BCUT2D eigenvalue weighted by molar-refractivity contribution is -0.384. The number of rotatable bonds is 5. The molecule has 7 nitrogen and oxygen atoms in total. The number of anilines is 1. The average molecular weight is 334 g/mol. The van der Waals surface area contributed by atoms with Crippen LogP contribution in [0, 0.1) is 33.7 Å². The molecule has 0 aromatic heterocycles. The summed E-state index contributed by atoms with van der Waals surface area (Å²) in [6.07, 6.45) is 5.75. The summed E-state index contributed by atoms with van der Waals surface area (Å²) in [5.74, 6) is -1.66. The Kier molecular flexibility index (Phi) is 4.28. The first kappa shape index (κ1) is 16.1. The summed E-state index contributed by atoms with van der Waals surface area (Å²) in [7, 11) is 0. The molecule has 1 amide bonds. The second-order valence-electron chi connectivity index (χ2n) is 5.96. The Morgan fingerprint density at radius 2 is 2.12 bits per heavy atom. The molecule has 0 spiro atoms. The summed E-state index contributed by atoms with van der Waals surface area (Å²) in [5, 5.41) is 12.8. The fourth-order valence-electron chi connectivity index (χ4n) is 3.20. The molecule has 8 heteroatoms. The summed E-state index contributed by atoms with van der Waals surface area (Å²) in [6, 6.07) is 2.80. The zero-order valence-corrected chi connectivity index (χ0v) is 12.6. The van der Waals surface area contributed by atoms with E-state index >= 15 is 0 Å². The normalized spacial score (nSPS) is 24.0. The summed E-state index contributed by atoms with van der Waals surface area (Å²) in [5.41, 5.74) is -0.675. The molecule has 3 unspecified atom stereocenters. The molecule has 2 aliphatic carbocycles. The third kappa shape index (κ3) is 3.27. The summed E-state index contributed by atoms with van der Waals surface area (Å²) >= 11 is 0. The number of hydrogen-bond donors (Lipinski definition) is 1. The van der Waals surface area contributed by atoms with E-state index in [9.17, 15) is 24.1 Å². The number of nitro groups is 1. The Morgan fingerprint density at radius 1 is 1.33 bits per heavy atom. The number of benzene rings is 1. The van der Waals surface area contributed by atoms with Crippen molar-refractivity contribution >= 4 is 23.3 Å². The summed E-state index contributed by atoms with van der Waals surface area (Å²) in [6.45, 7) is -0.557. The number of nitrogens with one attached hydrogen (secondary N) is 1. The van der Waals surface area contributed by atoms with Crippen molar-refractivity contribution in [3.63, 3.8) is 0 Å². The Labute approximate surface area is 136 Å². The van der Waals surface area contributed by atoms with E-state index in [2.05, 4.69) is 11.4 Å². The van der Waals surface area contributed by atoms with Gasteiger partial charge in [0.05, 0.1) is 16.5 Å². The van der Waals surface area contributed by atoms with E-state index in [0.717, 1.165) is 31.0 Å². The van der Waals surface area contributed by atoms with Crippen LogP contribution in [0.5, 0.6) is 0 Å². The number of ether oxygens (including phenoxy) is 1. The lowest BCUT2D eigenvalue weighted by Gasteiger charge is -2.16. The van der Waals surface area contributed by atoms with E-state index in [1.54, 1.807) is 0 Å². The molecule has 1 aromatic carbocycles. The van der Waals surface area contributed by atoms with E-state index in [1.807, 2.05) is 6.08 Å². The van der Waals surface area contributed by atoms with Crippen molar-refractivity contribution < 1.29 is 23.6 Å². The highest BCUT2D eigenvalue weighted by Gasteiger charge is 2.40. The van der Waals surface area contributed by atoms with E-state index in [1.165, 1.54) is 0 Å². The molecule has 1 aromatic rings. The maximum atomic E-state index is 13.6. The number of allylic oxidation sites excluding steroid dienone is 2. The molecule has 2 bridgehead atoms. The molecule has 1 saturated carbocycles. The Bertz CT molecular complexity index is 733. The molecule has 0 saturated heterocycles. The van der Waals surface area contributed by atoms with Gasteiger partial charge in [0.1, 0.15) is 5.82 Å². The number of hydrogen-bond acceptors (Lipinski definition) is 5. The van der Waals surface area contributed by atoms with Gasteiger partial charge in [-0.2, -0.15) is 0 Å². The Hall–Kier alpha value is -2.77. The van der Waals surface area contributed by atoms with Crippen molar-refractivity contribution in [1.29, 1.82) is 0 Å². The zero-order chi connectivity index (χ0) is 17.3. The Balaban J connectivity index is 1.54. The van der Waals surface area contributed by atoms with Crippen molar-refractivity contribution in [2.24, 2.45) is 17.8 Å². The monoisotopic (exact) mass is 334 g/mol. The zero-order valence-electron chi connectivity index (χ0n) is 12.6. The van der Waals surface area contributed by atoms with Gasteiger partial charge in [-0.05, 0) is 30.7 Å².